The quantitative estimate of drug-likeness (QED) is 0.594. The van der Waals surface area contributed by atoms with Crippen LogP contribution in [-0.2, 0) is 0 Å². The van der Waals surface area contributed by atoms with Crippen molar-refractivity contribution in [2.45, 2.75) is 13.0 Å². The molecule has 0 aliphatic carbocycles. The van der Waals surface area contributed by atoms with Crippen LogP contribution in [0.5, 0.6) is 0 Å². The van der Waals surface area contributed by atoms with Crippen molar-refractivity contribution < 1.29 is 0 Å². The first-order valence-electron chi connectivity index (χ1n) is 4.48. The smallest absolute Gasteiger partial charge is 0.109 e. The van der Waals surface area contributed by atoms with Gasteiger partial charge >= 0.3 is 0 Å². The van der Waals surface area contributed by atoms with Gasteiger partial charge in [0, 0.05) is 23.9 Å². The summed E-state index contributed by atoms with van der Waals surface area (Å²) in [6.07, 6.45) is 6.99. The molecule has 76 valence electrons. The largest absolute Gasteiger partial charge is 0.307 e. The predicted octanol–water partition coefficient (Wildman–Crippen LogP) is 2.16. The fourth-order valence-electron chi connectivity index (χ4n) is 1.01. The molecule has 0 bridgehead atoms. The van der Waals surface area contributed by atoms with Crippen LogP contribution in [-0.4, -0.2) is 23.0 Å². The zero-order valence-electron chi connectivity index (χ0n) is 8.19. The second-order valence-corrected chi connectivity index (χ2v) is 4.83. The van der Waals surface area contributed by atoms with E-state index in [1.165, 1.54) is 0 Å². The van der Waals surface area contributed by atoms with Gasteiger partial charge in [-0.1, -0.05) is 5.92 Å². The highest BCUT2D eigenvalue weighted by molar-refractivity contribution is 7.99. The summed E-state index contributed by atoms with van der Waals surface area (Å²) in [7, 11) is 0. The Morgan fingerprint density at radius 2 is 2.64 bits per heavy atom. The minimum absolute atomic E-state index is 0.349. The fraction of sp³-hybridized carbons (Fsp3) is 0.500. The summed E-state index contributed by atoms with van der Waals surface area (Å²) in [5.74, 6) is 4.46. The molecule has 1 atom stereocenters. The number of thioether (sulfide) groups is 1. The van der Waals surface area contributed by atoms with Gasteiger partial charge in [-0.15, -0.1) is 29.5 Å². The Morgan fingerprint density at radius 3 is 3.29 bits per heavy atom. The van der Waals surface area contributed by atoms with Crippen LogP contribution in [0.2, 0.25) is 0 Å². The molecule has 14 heavy (non-hydrogen) atoms. The van der Waals surface area contributed by atoms with Crippen LogP contribution >= 0.6 is 23.1 Å². The zero-order valence-corrected chi connectivity index (χ0v) is 9.83. The first-order chi connectivity index (χ1) is 6.84. The summed E-state index contributed by atoms with van der Waals surface area (Å²) in [5.41, 5.74) is 0. The molecule has 0 radical (unpaired) electrons. The summed E-state index contributed by atoms with van der Waals surface area (Å²) < 4.78 is 0. The molecule has 0 fully saturated rings. The second-order valence-electron chi connectivity index (χ2n) is 2.80. The first kappa shape index (κ1) is 11.6. The summed E-state index contributed by atoms with van der Waals surface area (Å²) in [4.78, 5) is 4.25. The first-order valence-corrected chi connectivity index (χ1v) is 6.52. The van der Waals surface area contributed by atoms with Gasteiger partial charge in [0.25, 0.3) is 0 Å². The van der Waals surface area contributed by atoms with E-state index in [9.17, 15) is 0 Å². The number of terminal acetylenes is 1. The highest BCUT2D eigenvalue weighted by atomic mass is 32.2. The van der Waals surface area contributed by atoms with Crippen LogP contribution in [0.1, 0.15) is 18.0 Å². The van der Waals surface area contributed by atoms with Gasteiger partial charge in [0.15, 0.2) is 0 Å². The number of nitrogens with zero attached hydrogens (tertiary/aromatic N) is 1. The van der Waals surface area contributed by atoms with E-state index in [2.05, 4.69) is 23.1 Å². The van der Waals surface area contributed by atoms with Crippen molar-refractivity contribution in [3.63, 3.8) is 0 Å². The molecule has 2 nitrogen and oxygen atoms in total. The van der Waals surface area contributed by atoms with E-state index < -0.39 is 0 Å². The Kier molecular flexibility index (Phi) is 5.69. The lowest BCUT2D eigenvalue weighted by Crippen LogP contribution is -2.21. The van der Waals surface area contributed by atoms with E-state index in [1.54, 1.807) is 23.1 Å². The third-order valence-corrected chi connectivity index (χ3v) is 3.53. The predicted molar refractivity (Wildman–Crippen MR) is 64.7 cm³/mol. The minimum atomic E-state index is 0.349. The van der Waals surface area contributed by atoms with E-state index in [0.717, 1.165) is 23.1 Å². The molecule has 1 unspecified atom stereocenters. The highest BCUT2D eigenvalue weighted by Crippen LogP contribution is 2.14. The molecule has 0 aromatic carbocycles. The Bertz CT molecular complexity index is 277. The van der Waals surface area contributed by atoms with Crippen LogP contribution in [0, 0.1) is 12.3 Å². The van der Waals surface area contributed by atoms with Crippen LogP contribution < -0.4 is 5.32 Å². The topological polar surface area (TPSA) is 24.9 Å². The van der Waals surface area contributed by atoms with Crippen molar-refractivity contribution in [2.75, 3.05) is 18.1 Å². The lowest BCUT2D eigenvalue weighted by atomic mass is 10.3. The number of thiazole rings is 1. The Labute approximate surface area is 93.5 Å². The van der Waals surface area contributed by atoms with Crippen LogP contribution in [0.15, 0.2) is 11.6 Å². The van der Waals surface area contributed by atoms with Crippen molar-refractivity contribution in [1.29, 1.82) is 0 Å². The van der Waals surface area contributed by atoms with E-state index in [-0.39, 0.29) is 0 Å². The van der Waals surface area contributed by atoms with Crippen molar-refractivity contribution in [2.24, 2.45) is 0 Å². The molecule has 4 heteroatoms. The molecule has 0 amide bonds. The Morgan fingerprint density at radius 1 is 1.79 bits per heavy atom. The molecular weight excluding hydrogens is 212 g/mol. The van der Waals surface area contributed by atoms with E-state index in [4.69, 9.17) is 6.42 Å². The van der Waals surface area contributed by atoms with Gasteiger partial charge in [0.05, 0.1) is 11.8 Å². The van der Waals surface area contributed by atoms with Gasteiger partial charge in [0.2, 0.25) is 0 Å². The Hall–Kier alpha value is -0.500. The summed E-state index contributed by atoms with van der Waals surface area (Å²) >= 11 is 3.46. The van der Waals surface area contributed by atoms with Crippen molar-refractivity contribution >= 4 is 23.1 Å². The number of aromatic nitrogens is 1. The monoisotopic (exact) mass is 226 g/mol. The van der Waals surface area contributed by atoms with Gasteiger partial charge in [0.1, 0.15) is 5.01 Å². The number of hydrogen-bond acceptors (Lipinski definition) is 4. The van der Waals surface area contributed by atoms with Gasteiger partial charge in [-0.25, -0.2) is 4.98 Å². The van der Waals surface area contributed by atoms with E-state index >= 15 is 0 Å². The maximum absolute atomic E-state index is 5.15. The van der Waals surface area contributed by atoms with Crippen molar-refractivity contribution in [3.8, 4) is 12.3 Å². The standard InChI is InChI=1S/C10H14N2S2/c1-3-6-13-7-4-11-9(2)10-12-5-8-14-10/h1,5,8-9,11H,4,6-7H2,2H3. The fourth-order valence-corrected chi connectivity index (χ4v) is 2.21. The molecule has 1 heterocycles. The number of hydrogen-bond donors (Lipinski definition) is 1. The van der Waals surface area contributed by atoms with Crippen LogP contribution in [0.25, 0.3) is 0 Å². The van der Waals surface area contributed by atoms with Crippen molar-refractivity contribution in [3.05, 3.63) is 16.6 Å². The number of rotatable bonds is 6. The van der Waals surface area contributed by atoms with Gasteiger partial charge in [-0.2, -0.15) is 0 Å². The van der Waals surface area contributed by atoms with E-state index in [0.29, 0.717) is 6.04 Å². The number of nitrogens with one attached hydrogen (secondary N) is 1. The zero-order chi connectivity index (χ0) is 10.2. The summed E-state index contributed by atoms with van der Waals surface area (Å²) in [5, 5.41) is 6.55. The summed E-state index contributed by atoms with van der Waals surface area (Å²) in [6, 6.07) is 0.349. The second kappa shape index (κ2) is 6.88. The van der Waals surface area contributed by atoms with Crippen LogP contribution in [0.3, 0.4) is 0 Å². The maximum Gasteiger partial charge on any atom is 0.109 e. The molecule has 0 aliphatic rings. The molecule has 1 aromatic rings. The molecular formula is C10H14N2S2. The molecule has 0 saturated carbocycles. The maximum atomic E-state index is 5.15. The van der Waals surface area contributed by atoms with Gasteiger partial charge in [-0.3, -0.25) is 0 Å². The molecule has 0 saturated heterocycles. The molecule has 0 spiro atoms. The summed E-state index contributed by atoms with van der Waals surface area (Å²) in [6.45, 7) is 3.11. The highest BCUT2D eigenvalue weighted by Gasteiger charge is 2.05. The lowest BCUT2D eigenvalue weighted by molar-refractivity contribution is 0.598. The average Bonchev–Trinajstić information content (AvgIpc) is 2.70. The van der Waals surface area contributed by atoms with Gasteiger partial charge in [-0.05, 0) is 6.92 Å². The van der Waals surface area contributed by atoms with E-state index in [1.807, 2.05) is 11.6 Å². The third-order valence-electron chi connectivity index (χ3n) is 1.70. The molecule has 1 rings (SSSR count). The normalized spacial score (nSPS) is 12.3. The minimum Gasteiger partial charge on any atom is -0.307 e. The average molecular weight is 226 g/mol. The van der Waals surface area contributed by atoms with Crippen LogP contribution in [0.4, 0.5) is 0 Å². The lowest BCUT2D eigenvalue weighted by Gasteiger charge is -2.09. The molecule has 0 aliphatic heterocycles. The van der Waals surface area contributed by atoms with Crippen molar-refractivity contribution in [1.82, 2.24) is 10.3 Å². The molecule has 1 aromatic heterocycles. The molecule has 1 N–H and O–H groups in total. The van der Waals surface area contributed by atoms with Gasteiger partial charge < -0.3 is 5.32 Å². The third kappa shape index (κ3) is 4.14. The Balaban J connectivity index is 2.10. The SMILES string of the molecule is C#CCSCCNC(C)c1nccs1.